The van der Waals surface area contributed by atoms with Crippen LogP contribution in [0.15, 0.2) is 77.4 Å². The predicted octanol–water partition coefficient (Wildman–Crippen LogP) is 13.4. The highest BCUT2D eigenvalue weighted by atomic mass is 35.6. The number of carbonyl (C=O) groups excluding carboxylic acids is 2. The van der Waals surface area contributed by atoms with Crippen molar-refractivity contribution in [2.24, 2.45) is 17.8 Å². The van der Waals surface area contributed by atoms with Crippen LogP contribution in [0.4, 0.5) is 14.9 Å². The normalized spacial score (nSPS) is 10.3. The molecule has 0 bridgehead atoms. The molecular weight excluding hydrogens is 959 g/mol. The summed E-state index contributed by atoms with van der Waals surface area (Å²) in [6, 6.07) is 11.3. The first-order valence-corrected chi connectivity index (χ1v) is 23.5. The second kappa shape index (κ2) is 30.3. The summed E-state index contributed by atoms with van der Waals surface area (Å²) in [6.07, 6.45) is 2.56. The van der Waals surface area contributed by atoms with Gasteiger partial charge >= 0.3 is 26.8 Å². The number of ether oxygens (including phenoxy) is 2. The summed E-state index contributed by atoms with van der Waals surface area (Å²) in [6.45, 7) is 21.7. The number of anilines is 1. The topological polar surface area (TPSA) is 184 Å². The Morgan fingerprint density at radius 2 is 1.46 bits per heavy atom. The van der Waals surface area contributed by atoms with E-state index in [1.54, 1.807) is 52.6 Å². The van der Waals surface area contributed by atoms with Gasteiger partial charge in [0.05, 0.1) is 40.6 Å². The third-order valence-electron chi connectivity index (χ3n) is 7.99. The molecule has 6 aromatic rings. The maximum Gasteiger partial charge on any atom is 0.419 e. The molecule has 6 rings (SSSR count). The zero-order chi connectivity index (χ0) is 48.6. The van der Waals surface area contributed by atoms with Crippen LogP contribution in [0.1, 0.15) is 96.0 Å². The summed E-state index contributed by atoms with van der Waals surface area (Å²) >= 11 is 23.4. The third-order valence-corrected chi connectivity index (χ3v) is 11.0. The number of hydrogen-bond acceptors (Lipinski definition) is 13. The van der Waals surface area contributed by atoms with Gasteiger partial charge in [0.2, 0.25) is 0 Å². The van der Waals surface area contributed by atoms with Gasteiger partial charge in [-0.3, -0.25) is 9.78 Å². The molecule has 4 N–H and O–H groups in total. The van der Waals surface area contributed by atoms with E-state index in [1.807, 2.05) is 5.38 Å². The third kappa shape index (κ3) is 23.0. The number of fused-ring (bicyclic) bond motifs is 2. The van der Waals surface area contributed by atoms with E-state index in [0.717, 1.165) is 17.8 Å². The highest BCUT2D eigenvalue weighted by Crippen LogP contribution is 2.31. The van der Waals surface area contributed by atoms with Gasteiger partial charge in [-0.05, 0) is 112 Å². The fourth-order valence-corrected chi connectivity index (χ4v) is 6.55. The van der Waals surface area contributed by atoms with E-state index in [9.17, 15) is 33.5 Å². The number of aromatic hydroxyl groups is 1. The van der Waals surface area contributed by atoms with Gasteiger partial charge < -0.3 is 29.3 Å². The number of thiophene rings is 3. The van der Waals surface area contributed by atoms with Crippen molar-refractivity contribution in [2.75, 3.05) is 12.8 Å². The average Bonchev–Trinajstić information content (AvgIpc) is 3.98. The van der Waals surface area contributed by atoms with E-state index >= 15 is 0 Å². The van der Waals surface area contributed by atoms with Gasteiger partial charge in [-0.2, -0.15) is 0 Å². The maximum atomic E-state index is 13.2. The van der Waals surface area contributed by atoms with Gasteiger partial charge in [0, 0.05) is 11.6 Å². The molecule has 0 radical (unpaired) electrons. The largest absolute Gasteiger partial charge is 0.506 e. The van der Waals surface area contributed by atoms with Crippen LogP contribution in [0.25, 0.3) is 20.4 Å². The van der Waals surface area contributed by atoms with Crippen LogP contribution in [0.3, 0.4) is 0 Å². The van der Waals surface area contributed by atoms with E-state index in [2.05, 4.69) is 92.8 Å². The molecule has 1 aromatic carbocycles. The molecule has 12 nitrogen and oxygen atoms in total. The first kappa shape index (κ1) is 59.1. The molecular formula is C43H56Cl4FN3O9S3. The van der Waals surface area contributed by atoms with Crippen LogP contribution in [0.2, 0.25) is 0 Å². The lowest BCUT2D eigenvalue weighted by molar-refractivity contribution is 0.0607. The lowest BCUT2D eigenvalue weighted by Crippen LogP contribution is -2.22. The minimum absolute atomic E-state index is 0.0375. The second-order valence-electron chi connectivity index (χ2n) is 14.1. The van der Waals surface area contributed by atoms with Crippen LogP contribution in [-0.4, -0.2) is 37.1 Å². The van der Waals surface area contributed by atoms with Crippen molar-refractivity contribution in [2.45, 2.75) is 92.6 Å². The van der Waals surface area contributed by atoms with Crippen molar-refractivity contribution >= 4 is 118 Å². The van der Waals surface area contributed by atoms with Gasteiger partial charge in [-0.1, -0.05) is 87.3 Å². The monoisotopic (exact) mass is 1010 g/mol. The molecule has 0 aliphatic heterocycles. The SMILES string of the molecule is CC(C)C(C)C.CCC.CCC(C)C.COC(=O)c1sccc1N.Cc1c(O)c2sccc2n(Cc2cccc(F)c2)c1=O.O=C(Cl)OC(Cl)(Cl)Cl.O=c1[nH]c2ccsc2c(=O)o1. The summed E-state index contributed by atoms with van der Waals surface area (Å²) in [5.41, 5.74) is 6.18. The Balaban J connectivity index is 0.000000774. The fourth-order valence-electron chi connectivity index (χ4n) is 3.75. The molecule has 0 saturated heterocycles. The number of aromatic nitrogens is 2. The molecule has 5 heterocycles. The van der Waals surface area contributed by atoms with Crippen molar-refractivity contribution in [3.63, 3.8) is 0 Å². The van der Waals surface area contributed by atoms with Crippen molar-refractivity contribution in [1.29, 1.82) is 0 Å². The minimum Gasteiger partial charge on any atom is -0.506 e. The van der Waals surface area contributed by atoms with Gasteiger partial charge in [0.15, 0.2) is 0 Å². The Kier molecular flexibility index (Phi) is 28.4. The van der Waals surface area contributed by atoms with Crippen LogP contribution in [0.5, 0.6) is 5.75 Å². The number of aromatic amines is 1. The molecule has 0 aliphatic rings. The van der Waals surface area contributed by atoms with Crippen LogP contribution in [-0.2, 0) is 16.0 Å². The van der Waals surface area contributed by atoms with Gasteiger partial charge in [0.1, 0.15) is 21.1 Å². The molecule has 5 aromatic heterocycles. The van der Waals surface area contributed by atoms with Crippen molar-refractivity contribution in [3.05, 3.63) is 112 Å². The average molecular weight is 1020 g/mol. The number of nitrogens with two attached hydrogens (primary N) is 1. The van der Waals surface area contributed by atoms with E-state index in [4.69, 9.17) is 40.5 Å². The molecule has 0 atom stereocenters. The molecule has 0 aliphatic carbocycles. The number of methoxy groups -OCH3 is 1. The molecule has 63 heavy (non-hydrogen) atoms. The van der Waals surface area contributed by atoms with E-state index < -0.39 is 20.8 Å². The molecule has 0 amide bonds. The molecule has 0 saturated carbocycles. The van der Waals surface area contributed by atoms with Crippen LogP contribution in [0, 0.1) is 30.5 Å². The van der Waals surface area contributed by atoms with Crippen LogP contribution >= 0.6 is 80.4 Å². The Morgan fingerprint density at radius 3 is 1.90 bits per heavy atom. The number of nitrogens with zero attached hydrogens (tertiary/aromatic N) is 1. The van der Waals surface area contributed by atoms with Crippen molar-refractivity contribution in [3.8, 4) is 5.75 Å². The number of pyridine rings is 1. The number of halogens is 5. The molecule has 350 valence electrons. The van der Waals surface area contributed by atoms with E-state index in [-0.39, 0.29) is 29.6 Å². The zero-order valence-corrected chi connectivity index (χ0v) is 42.5. The lowest BCUT2D eigenvalue weighted by atomic mass is 10.0. The smallest absolute Gasteiger partial charge is 0.419 e. The second-order valence-corrected chi connectivity index (χ2v) is 19.3. The van der Waals surface area contributed by atoms with Crippen molar-refractivity contribution in [1.82, 2.24) is 9.55 Å². The summed E-state index contributed by atoms with van der Waals surface area (Å²) in [5.74, 6) is 1.22. The van der Waals surface area contributed by atoms with Crippen molar-refractivity contribution < 1.29 is 33.0 Å². The standard InChI is InChI=1S/C15H12FNO2S.C6H3NO3S.C6H7NO2S.C6H14.C5H12.C3H8.C2Cl4O2/c1-9-13(18)14-12(5-6-20-14)17(15(9)19)8-10-3-2-4-11(16)7-10;8-5-4-3(1-2-11-4)7-6(9)10-5;1-9-6(8)5-4(7)2-3-10-5;1-5(2)6(3)4;1-4-5(2)3;1-3-2;3-1(7)8-2(4,5)6/h2-7,18H,8H2,1H3;1-2H,(H,7,9);2-3H,7H2,1H3;5-6H,1-4H3;5H,4H2,1-3H3;3H2,1-2H3;. The Morgan fingerprint density at radius 1 is 0.921 bits per heavy atom. The number of carbonyl (C=O) groups is 2. The lowest BCUT2D eigenvalue weighted by Gasteiger charge is -2.11. The number of H-pyrrole nitrogens is 1. The summed E-state index contributed by atoms with van der Waals surface area (Å²) < 4.78 is 26.5. The Bertz CT molecular complexity index is 2450. The van der Waals surface area contributed by atoms with E-state index in [0.29, 0.717) is 42.1 Å². The summed E-state index contributed by atoms with van der Waals surface area (Å²) in [4.78, 5) is 57.2. The number of hydrogen-bond donors (Lipinski definition) is 3. The highest BCUT2D eigenvalue weighted by Gasteiger charge is 2.23. The molecule has 20 heteroatoms. The Hall–Kier alpha value is -3.90. The first-order chi connectivity index (χ1) is 29.3. The molecule has 0 spiro atoms. The summed E-state index contributed by atoms with van der Waals surface area (Å²) in [5, 5.41) is 15.3. The number of benzene rings is 1. The maximum absolute atomic E-state index is 13.2. The number of esters is 1. The molecule has 0 fully saturated rings. The fraction of sp³-hybridized carbons (Fsp3) is 0.419. The zero-order valence-electron chi connectivity index (χ0n) is 37.0. The Labute approximate surface area is 398 Å². The highest BCUT2D eigenvalue weighted by molar-refractivity contribution is 7.17. The quantitative estimate of drug-likeness (QED) is 0.0853. The number of rotatable bonds is 5. The van der Waals surface area contributed by atoms with E-state index in [1.165, 1.54) is 66.1 Å². The van der Waals surface area contributed by atoms with Gasteiger partial charge in [-0.15, -0.1) is 34.0 Å². The first-order valence-electron chi connectivity index (χ1n) is 19.4. The number of nitrogens with one attached hydrogen (secondary N) is 1. The van der Waals surface area contributed by atoms with Gasteiger partial charge in [-0.25, -0.2) is 23.6 Å². The predicted molar refractivity (Wildman–Crippen MR) is 262 cm³/mol. The van der Waals surface area contributed by atoms with Gasteiger partial charge in [0.25, 0.3) is 5.56 Å². The van der Waals surface area contributed by atoms with Crippen LogP contribution < -0.4 is 22.7 Å². The molecule has 0 unspecified atom stereocenters. The number of nitrogen functional groups attached to an aromatic ring is 1. The summed E-state index contributed by atoms with van der Waals surface area (Å²) in [7, 11) is 1.33. The minimum atomic E-state index is -2.04. The number of alkyl halides is 3.